The summed E-state index contributed by atoms with van der Waals surface area (Å²) in [6.45, 7) is 2.06. The topological polar surface area (TPSA) is 58.6 Å². The lowest BCUT2D eigenvalue weighted by atomic mass is 10.1. The quantitative estimate of drug-likeness (QED) is 0.792. The van der Waals surface area contributed by atoms with Gasteiger partial charge in [0.1, 0.15) is 5.82 Å². The van der Waals surface area contributed by atoms with E-state index in [1.54, 1.807) is 6.20 Å². The molecule has 0 saturated carbocycles. The second-order valence-corrected chi connectivity index (χ2v) is 4.74. The van der Waals surface area contributed by atoms with Crippen molar-refractivity contribution in [3.8, 4) is 11.3 Å². The summed E-state index contributed by atoms with van der Waals surface area (Å²) < 4.78 is 0. The van der Waals surface area contributed by atoms with Crippen molar-refractivity contribution in [2.24, 2.45) is 0 Å². The fourth-order valence-electron chi connectivity index (χ4n) is 2.22. The Labute approximate surface area is 116 Å². The van der Waals surface area contributed by atoms with Gasteiger partial charge in [-0.2, -0.15) is 0 Å². The largest absolute Gasteiger partial charge is 0.311 e. The van der Waals surface area contributed by atoms with Crippen molar-refractivity contribution < 1.29 is 0 Å². The van der Waals surface area contributed by atoms with Gasteiger partial charge in [-0.3, -0.25) is 9.78 Å². The number of aromatic amines is 1. The van der Waals surface area contributed by atoms with E-state index < -0.39 is 0 Å². The van der Waals surface area contributed by atoms with Gasteiger partial charge >= 0.3 is 0 Å². The number of hydrogen-bond donors (Lipinski definition) is 1. The molecule has 100 valence electrons. The summed E-state index contributed by atoms with van der Waals surface area (Å²) in [5, 5.41) is 1.05. The Morgan fingerprint density at radius 3 is 2.90 bits per heavy atom. The molecule has 0 aliphatic carbocycles. The molecule has 0 radical (unpaired) electrons. The molecule has 0 saturated heterocycles. The van der Waals surface area contributed by atoms with Crippen LogP contribution in [0.25, 0.3) is 22.2 Å². The number of pyridine rings is 1. The molecule has 4 nitrogen and oxygen atoms in total. The predicted molar refractivity (Wildman–Crippen MR) is 79.6 cm³/mol. The Bertz CT molecular complexity index is 808. The minimum Gasteiger partial charge on any atom is -0.311 e. The molecule has 0 aliphatic heterocycles. The van der Waals surface area contributed by atoms with Crippen LogP contribution in [0.4, 0.5) is 0 Å². The lowest BCUT2D eigenvalue weighted by molar-refractivity contribution is 0.827. The SMILES string of the molecule is CCCc1nc(-c2cnc3ccccc3c2)cc(=O)[nH]1. The highest BCUT2D eigenvalue weighted by Gasteiger charge is 2.05. The number of fused-ring (bicyclic) bond motifs is 1. The number of para-hydroxylation sites is 1. The molecule has 2 aromatic heterocycles. The first-order chi connectivity index (χ1) is 9.76. The van der Waals surface area contributed by atoms with E-state index in [0.29, 0.717) is 5.69 Å². The van der Waals surface area contributed by atoms with E-state index in [2.05, 4.69) is 21.9 Å². The summed E-state index contributed by atoms with van der Waals surface area (Å²) in [4.78, 5) is 23.4. The van der Waals surface area contributed by atoms with Crippen LogP contribution in [0.15, 0.2) is 47.4 Å². The van der Waals surface area contributed by atoms with Gasteiger partial charge in [-0.05, 0) is 18.6 Å². The zero-order valence-corrected chi connectivity index (χ0v) is 11.3. The number of nitrogens with zero attached hydrogens (tertiary/aromatic N) is 2. The molecule has 3 aromatic rings. The second-order valence-electron chi connectivity index (χ2n) is 4.74. The van der Waals surface area contributed by atoms with Gasteiger partial charge in [0.15, 0.2) is 0 Å². The monoisotopic (exact) mass is 265 g/mol. The van der Waals surface area contributed by atoms with E-state index in [9.17, 15) is 4.79 Å². The van der Waals surface area contributed by atoms with E-state index >= 15 is 0 Å². The van der Waals surface area contributed by atoms with Crippen LogP contribution < -0.4 is 5.56 Å². The first-order valence-electron chi connectivity index (χ1n) is 6.71. The lowest BCUT2D eigenvalue weighted by Crippen LogP contribution is -2.11. The highest BCUT2D eigenvalue weighted by molar-refractivity contribution is 5.82. The van der Waals surface area contributed by atoms with Crippen molar-refractivity contribution in [1.29, 1.82) is 0 Å². The smallest absolute Gasteiger partial charge is 0.251 e. The van der Waals surface area contributed by atoms with Gasteiger partial charge < -0.3 is 4.98 Å². The van der Waals surface area contributed by atoms with Crippen LogP contribution >= 0.6 is 0 Å². The van der Waals surface area contributed by atoms with Gasteiger partial charge in [-0.1, -0.05) is 25.1 Å². The molecular weight excluding hydrogens is 250 g/mol. The van der Waals surface area contributed by atoms with E-state index in [0.717, 1.165) is 35.1 Å². The number of benzene rings is 1. The van der Waals surface area contributed by atoms with Crippen molar-refractivity contribution >= 4 is 10.9 Å². The molecule has 0 unspecified atom stereocenters. The molecule has 20 heavy (non-hydrogen) atoms. The molecule has 4 heteroatoms. The van der Waals surface area contributed by atoms with Gasteiger partial charge in [-0.15, -0.1) is 0 Å². The first-order valence-corrected chi connectivity index (χ1v) is 6.71. The Morgan fingerprint density at radius 1 is 1.20 bits per heavy atom. The fourth-order valence-corrected chi connectivity index (χ4v) is 2.22. The summed E-state index contributed by atoms with van der Waals surface area (Å²) in [7, 11) is 0. The molecule has 0 aliphatic rings. The van der Waals surface area contributed by atoms with E-state index in [1.165, 1.54) is 6.07 Å². The minimum absolute atomic E-state index is 0.119. The molecule has 1 aromatic carbocycles. The molecule has 2 heterocycles. The van der Waals surface area contributed by atoms with Gasteiger partial charge in [0, 0.05) is 29.6 Å². The summed E-state index contributed by atoms with van der Waals surface area (Å²) in [5.74, 6) is 0.725. The van der Waals surface area contributed by atoms with Crippen LogP contribution in [-0.2, 0) is 6.42 Å². The predicted octanol–water partition coefficient (Wildman–Crippen LogP) is 2.94. The van der Waals surface area contributed by atoms with Crippen LogP contribution in [0.2, 0.25) is 0 Å². The van der Waals surface area contributed by atoms with Crippen molar-refractivity contribution in [3.05, 3.63) is 58.8 Å². The summed E-state index contributed by atoms with van der Waals surface area (Å²) >= 11 is 0. The van der Waals surface area contributed by atoms with Crippen molar-refractivity contribution in [1.82, 2.24) is 15.0 Å². The van der Waals surface area contributed by atoms with Crippen molar-refractivity contribution in [2.45, 2.75) is 19.8 Å². The molecule has 3 rings (SSSR count). The van der Waals surface area contributed by atoms with Crippen molar-refractivity contribution in [3.63, 3.8) is 0 Å². The zero-order chi connectivity index (χ0) is 13.9. The van der Waals surface area contributed by atoms with E-state index in [4.69, 9.17) is 0 Å². The Balaban J connectivity index is 2.12. The molecule has 0 spiro atoms. The van der Waals surface area contributed by atoms with Crippen LogP contribution in [0.5, 0.6) is 0 Å². The van der Waals surface area contributed by atoms with E-state index in [-0.39, 0.29) is 5.56 Å². The number of aromatic nitrogens is 3. The number of aryl methyl sites for hydroxylation is 1. The first kappa shape index (κ1) is 12.5. The number of hydrogen-bond acceptors (Lipinski definition) is 3. The Morgan fingerprint density at radius 2 is 2.05 bits per heavy atom. The maximum absolute atomic E-state index is 11.7. The van der Waals surface area contributed by atoms with Crippen LogP contribution in [0.1, 0.15) is 19.2 Å². The number of H-pyrrole nitrogens is 1. The summed E-state index contributed by atoms with van der Waals surface area (Å²) in [6.07, 6.45) is 3.48. The van der Waals surface area contributed by atoms with Crippen LogP contribution in [0, 0.1) is 0 Å². The molecule has 0 atom stereocenters. The molecular formula is C16H15N3O. The van der Waals surface area contributed by atoms with Gasteiger partial charge in [-0.25, -0.2) is 4.98 Å². The summed E-state index contributed by atoms with van der Waals surface area (Å²) in [5.41, 5.74) is 2.36. The molecule has 0 amide bonds. The fraction of sp³-hybridized carbons (Fsp3) is 0.188. The third-order valence-corrected chi connectivity index (χ3v) is 3.16. The van der Waals surface area contributed by atoms with Gasteiger partial charge in [0.25, 0.3) is 5.56 Å². The maximum atomic E-state index is 11.7. The summed E-state index contributed by atoms with van der Waals surface area (Å²) in [6, 6.07) is 11.4. The Hall–Kier alpha value is -2.49. The zero-order valence-electron chi connectivity index (χ0n) is 11.3. The standard InChI is InChI=1S/C16H15N3O/c1-2-5-15-18-14(9-16(20)19-15)12-8-11-6-3-4-7-13(11)17-10-12/h3-4,6-10H,2,5H2,1H3,(H,18,19,20). The molecule has 0 fully saturated rings. The lowest BCUT2D eigenvalue weighted by Gasteiger charge is -2.04. The number of nitrogens with one attached hydrogen (secondary N) is 1. The molecule has 1 N–H and O–H groups in total. The molecule has 0 bridgehead atoms. The maximum Gasteiger partial charge on any atom is 0.251 e. The van der Waals surface area contributed by atoms with Gasteiger partial charge in [0.2, 0.25) is 0 Å². The highest BCUT2D eigenvalue weighted by Crippen LogP contribution is 2.20. The average molecular weight is 265 g/mol. The average Bonchev–Trinajstić information content (AvgIpc) is 2.46. The Kier molecular flexibility index (Phi) is 3.29. The third kappa shape index (κ3) is 2.45. The van der Waals surface area contributed by atoms with Crippen molar-refractivity contribution in [2.75, 3.05) is 0 Å². The number of rotatable bonds is 3. The third-order valence-electron chi connectivity index (χ3n) is 3.16. The van der Waals surface area contributed by atoms with Crippen LogP contribution in [-0.4, -0.2) is 15.0 Å². The second kappa shape index (κ2) is 5.25. The van der Waals surface area contributed by atoms with E-state index in [1.807, 2.05) is 30.3 Å². The van der Waals surface area contributed by atoms with Gasteiger partial charge in [0.05, 0.1) is 11.2 Å². The minimum atomic E-state index is -0.119. The van der Waals surface area contributed by atoms with Crippen LogP contribution in [0.3, 0.4) is 0 Å². The highest BCUT2D eigenvalue weighted by atomic mass is 16.1. The normalized spacial score (nSPS) is 10.8.